The first-order valence-corrected chi connectivity index (χ1v) is 7.39. The van der Waals surface area contributed by atoms with E-state index in [-0.39, 0.29) is 11.5 Å². The normalized spacial score (nSPS) is 18.9. The average Bonchev–Trinajstić information content (AvgIpc) is 2.56. The van der Waals surface area contributed by atoms with Gasteiger partial charge in [-0.2, -0.15) is 0 Å². The van der Waals surface area contributed by atoms with Gasteiger partial charge in [0.1, 0.15) is 11.4 Å². The van der Waals surface area contributed by atoms with E-state index in [1.165, 1.54) is 6.08 Å². The number of hydrogen-bond acceptors (Lipinski definition) is 3. The summed E-state index contributed by atoms with van der Waals surface area (Å²) in [6.45, 7) is 0. The molecule has 0 spiro atoms. The Morgan fingerprint density at radius 2 is 1.41 bits per heavy atom. The molecule has 0 aromatic heterocycles. The van der Waals surface area contributed by atoms with Crippen LogP contribution in [-0.4, -0.2) is 16.0 Å². The molecule has 2 N–H and O–H groups in total. The largest absolute Gasteiger partial charge is 0.512 e. The maximum atomic E-state index is 11.5. The summed E-state index contributed by atoms with van der Waals surface area (Å²) in [7, 11) is 0. The average molecular weight is 294 g/mol. The second kappa shape index (κ2) is 5.78. The van der Waals surface area contributed by atoms with E-state index < -0.39 is 11.5 Å². The van der Waals surface area contributed by atoms with Gasteiger partial charge in [0.05, 0.1) is 5.92 Å². The minimum absolute atomic E-state index is 0.0496. The zero-order chi connectivity index (χ0) is 15.6. The highest BCUT2D eigenvalue weighted by Gasteiger charge is 2.43. The fourth-order valence-electron chi connectivity index (χ4n) is 3.15. The van der Waals surface area contributed by atoms with Crippen LogP contribution in [0.25, 0.3) is 0 Å². The van der Waals surface area contributed by atoms with Crippen LogP contribution in [-0.2, 0) is 10.4 Å². The second-order valence-corrected chi connectivity index (χ2v) is 5.63. The fraction of sp³-hybridized carbons (Fsp3) is 0.211. The summed E-state index contributed by atoms with van der Waals surface area (Å²) in [6, 6.07) is 18.6. The third-order valence-corrected chi connectivity index (χ3v) is 4.28. The van der Waals surface area contributed by atoms with E-state index in [1.54, 1.807) is 0 Å². The first-order chi connectivity index (χ1) is 10.6. The van der Waals surface area contributed by atoms with E-state index in [9.17, 15) is 15.0 Å². The summed E-state index contributed by atoms with van der Waals surface area (Å²) in [4.78, 5) is 11.5. The molecule has 22 heavy (non-hydrogen) atoms. The molecule has 1 aliphatic carbocycles. The molecule has 1 atom stereocenters. The van der Waals surface area contributed by atoms with Gasteiger partial charge in [0.15, 0.2) is 5.78 Å². The number of benzene rings is 2. The molecule has 0 saturated carbocycles. The van der Waals surface area contributed by atoms with Crippen LogP contribution in [0, 0.1) is 5.92 Å². The van der Waals surface area contributed by atoms with Crippen LogP contribution in [0.1, 0.15) is 24.0 Å². The Bertz CT molecular complexity index is 650. The molecule has 3 rings (SSSR count). The first kappa shape index (κ1) is 14.5. The van der Waals surface area contributed by atoms with Crippen molar-refractivity contribution in [2.24, 2.45) is 5.92 Å². The SMILES string of the molecule is O=C1C=C(O)C(C(O)(c2ccccc2)c2ccccc2)CC1. The topological polar surface area (TPSA) is 57.5 Å². The number of aliphatic hydroxyl groups is 2. The van der Waals surface area contributed by atoms with Gasteiger partial charge in [-0.15, -0.1) is 0 Å². The third kappa shape index (κ3) is 2.44. The Morgan fingerprint density at radius 1 is 0.909 bits per heavy atom. The lowest BCUT2D eigenvalue weighted by Crippen LogP contribution is -2.39. The highest BCUT2D eigenvalue weighted by molar-refractivity contribution is 5.91. The van der Waals surface area contributed by atoms with Crippen molar-refractivity contribution in [2.75, 3.05) is 0 Å². The smallest absolute Gasteiger partial charge is 0.159 e. The first-order valence-electron chi connectivity index (χ1n) is 7.39. The van der Waals surface area contributed by atoms with E-state index in [4.69, 9.17) is 0 Å². The lowest BCUT2D eigenvalue weighted by atomic mass is 9.71. The van der Waals surface area contributed by atoms with Gasteiger partial charge < -0.3 is 10.2 Å². The maximum absolute atomic E-state index is 11.5. The van der Waals surface area contributed by atoms with Gasteiger partial charge in [0, 0.05) is 12.5 Å². The van der Waals surface area contributed by atoms with Crippen LogP contribution in [0.5, 0.6) is 0 Å². The van der Waals surface area contributed by atoms with Crippen molar-refractivity contribution >= 4 is 5.78 Å². The zero-order valence-electron chi connectivity index (χ0n) is 12.1. The van der Waals surface area contributed by atoms with E-state index in [1.807, 2.05) is 60.7 Å². The summed E-state index contributed by atoms with van der Waals surface area (Å²) in [5, 5.41) is 21.8. The molecule has 2 aromatic rings. The lowest BCUT2D eigenvalue weighted by Gasteiger charge is -2.38. The molecule has 0 amide bonds. The van der Waals surface area contributed by atoms with E-state index in [0.717, 1.165) is 0 Å². The molecule has 0 radical (unpaired) electrons. The van der Waals surface area contributed by atoms with E-state index in [0.29, 0.717) is 24.0 Å². The van der Waals surface area contributed by atoms with Gasteiger partial charge in [-0.1, -0.05) is 60.7 Å². The van der Waals surface area contributed by atoms with E-state index in [2.05, 4.69) is 0 Å². The summed E-state index contributed by atoms with van der Waals surface area (Å²) < 4.78 is 0. The number of carbonyl (C=O) groups excluding carboxylic acids is 1. The van der Waals surface area contributed by atoms with E-state index >= 15 is 0 Å². The molecule has 112 valence electrons. The van der Waals surface area contributed by atoms with Crippen LogP contribution in [0.15, 0.2) is 72.5 Å². The van der Waals surface area contributed by atoms with Gasteiger partial charge in [-0.25, -0.2) is 0 Å². The summed E-state index contributed by atoms with van der Waals surface area (Å²) >= 11 is 0. The number of rotatable bonds is 3. The molecule has 0 bridgehead atoms. The van der Waals surface area contributed by atoms with Gasteiger partial charge in [0.25, 0.3) is 0 Å². The Labute approximate surface area is 129 Å². The molecule has 3 heteroatoms. The van der Waals surface area contributed by atoms with Gasteiger partial charge in [-0.05, 0) is 17.5 Å². The highest BCUT2D eigenvalue weighted by Crippen LogP contribution is 2.43. The minimum Gasteiger partial charge on any atom is -0.512 e. The van der Waals surface area contributed by atoms with Gasteiger partial charge >= 0.3 is 0 Å². The molecule has 0 aliphatic heterocycles. The van der Waals surface area contributed by atoms with Gasteiger partial charge in [0.2, 0.25) is 0 Å². The number of ketones is 1. The Balaban J connectivity index is 2.16. The van der Waals surface area contributed by atoms with Crippen LogP contribution < -0.4 is 0 Å². The van der Waals surface area contributed by atoms with Crippen molar-refractivity contribution in [1.82, 2.24) is 0 Å². The molecule has 1 unspecified atom stereocenters. The number of aliphatic hydroxyl groups excluding tert-OH is 1. The zero-order valence-corrected chi connectivity index (χ0v) is 12.1. The Morgan fingerprint density at radius 3 is 1.86 bits per heavy atom. The second-order valence-electron chi connectivity index (χ2n) is 5.63. The summed E-state index contributed by atoms with van der Waals surface area (Å²) in [5.41, 5.74) is 0.0603. The molecule has 2 aromatic carbocycles. The molecule has 0 heterocycles. The van der Waals surface area contributed by atoms with Crippen molar-refractivity contribution < 1.29 is 15.0 Å². The standard InChI is InChI=1S/C19H18O3/c20-16-11-12-17(18(21)13-16)19(22,14-7-3-1-4-8-14)15-9-5-2-6-10-15/h1-10,13,17,21-22H,11-12H2. The molecule has 0 fully saturated rings. The number of allylic oxidation sites excluding steroid dienone is 1. The summed E-state index contributed by atoms with van der Waals surface area (Å²) in [6.07, 6.45) is 1.99. The Hall–Kier alpha value is -2.39. The van der Waals surface area contributed by atoms with Crippen LogP contribution >= 0.6 is 0 Å². The van der Waals surface area contributed by atoms with Crippen molar-refractivity contribution in [3.05, 3.63) is 83.6 Å². The number of carbonyl (C=O) groups is 1. The van der Waals surface area contributed by atoms with Crippen LogP contribution in [0.3, 0.4) is 0 Å². The third-order valence-electron chi connectivity index (χ3n) is 4.28. The molecule has 3 nitrogen and oxygen atoms in total. The molecular formula is C19H18O3. The summed E-state index contributed by atoms with van der Waals surface area (Å²) in [5.74, 6) is -0.682. The predicted octanol–water partition coefficient (Wildman–Crippen LogP) is 3.34. The Kier molecular flexibility index (Phi) is 3.82. The highest BCUT2D eigenvalue weighted by atomic mass is 16.3. The molecule has 0 saturated heterocycles. The van der Waals surface area contributed by atoms with Crippen molar-refractivity contribution in [2.45, 2.75) is 18.4 Å². The minimum atomic E-state index is -1.36. The van der Waals surface area contributed by atoms with Gasteiger partial charge in [-0.3, -0.25) is 4.79 Å². The van der Waals surface area contributed by atoms with Crippen LogP contribution in [0.2, 0.25) is 0 Å². The monoisotopic (exact) mass is 294 g/mol. The quantitative estimate of drug-likeness (QED) is 0.912. The van der Waals surface area contributed by atoms with Crippen LogP contribution in [0.4, 0.5) is 0 Å². The van der Waals surface area contributed by atoms with Crippen molar-refractivity contribution in [1.29, 1.82) is 0 Å². The number of hydrogen-bond donors (Lipinski definition) is 2. The fourth-order valence-corrected chi connectivity index (χ4v) is 3.15. The molecule has 1 aliphatic rings. The van der Waals surface area contributed by atoms with Crippen molar-refractivity contribution in [3.8, 4) is 0 Å². The van der Waals surface area contributed by atoms with Crippen molar-refractivity contribution in [3.63, 3.8) is 0 Å². The lowest BCUT2D eigenvalue weighted by molar-refractivity contribution is -0.116. The maximum Gasteiger partial charge on any atom is 0.159 e. The molecular weight excluding hydrogens is 276 g/mol. The predicted molar refractivity (Wildman–Crippen MR) is 84.3 cm³/mol.